The Morgan fingerprint density at radius 1 is 1.14 bits per heavy atom. The van der Waals surface area contributed by atoms with Gasteiger partial charge in [0.25, 0.3) is 11.8 Å². The maximum absolute atomic E-state index is 12.5. The highest BCUT2D eigenvalue weighted by atomic mass is 19.4. The van der Waals surface area contributed by atoms with E-state index in [1.807, 2.05) is 0 Å². The number of benzene rings is 2. The Bertz CT molecular complexity index is 931. The maximum atomic E-state index is 12.5. The van der Waals surface area contributed by atoms with Crippen LogP contribution in [-0.4, -0.2) is 36.1 Å². The number of nitro groups is 1. The van der Waals surface area contributed by atoms with E-state index >= 15 is 0 Å². The van der Waals surface area contributed by atoms with E-state index in [1.54, 1.807) is 12.2 Å². The number of anilines is 1. The standard InChI is InChI=1S/C18H16F3N3O5/c1-2-29-15-8-7-11(9-14(15)24(27)28)16(25)23-13-6-4-3-5-12(13)17(26)22-10-18(19,20)21/h3-9H,2,10H2,1H3,(H,22,26)(H,23,25). The molecule has 2 aromatic rings. The molecule has 0 spiro atoms. The molecule has 0 saturated carbocycles. The molecule has 29 heavy (non-hydrogen) atoms. The number of carbonyl (C=O) groups excluding carboxylic acids is 2. The second kappa shape index (κ2) is 9.04. The number of ether oxygens (including phenoxy) is 1. The summed E-state index contributed by atoms with van der Waals surface area (Å²) in [5.41, 5.74) is -0.749. The first-order valence-corrected chi connectivity index (χ1v) is 8.29. The quantitative estimate of drug-likeness (QED) is 0.535. The summed E-state index contributed by atoms with van der Waals surface area (Å²) in [6.45, 7) is 0.303. The Hall–Kier alpha value is -3.63. The highest BCUT2D eigenvalue weighted by molar-refractivity contribution is 6.09. The minimum atomic E-state index is -4.59. The monoisotopic (exact) mass is 411 g/mol. The molecular formula is C18H16F3N3O5. The Morgan fingerprint density at radius 2 is 1.83 bits per heavy atom. The molecule has 0 aliphatic carbocycles. The van der Waals surface area contributed by atoms with Crippen molar-refractivity contribution in [3.8, 4) is 5.75 Å². The van der Waals surface area contributed by atoms with Gasteiger partial charge in [0.05, 0.1) is 22.8 Å². The van der Waals surface area contributed by atoms with Gasteiger partial charge in [-0.05, 0) is 31.2 Å². The first-order valence-electron chi connectivity index (χ1n) is 8.29. The van der Waals surface area contributed by atoms with E-state index in [9.17, 15) is 32.9 Å². The second-order valence-corrected chi connectivity index (χ2v) is 5.67. The number of hydrogen-bond donors (Lipinski definition) is 2. The molecule has 0 aromatic heterocycles. The molecule has 2 rings (SSSR count). The summed E-state index contributed by atoms with van der Waals surface area (Å²) in [4.78, 5) is 35.0. The van der Waals surface area contributed by atoms with E-state index < -0.39 is 35.1 Å². The molecule has 0 aliphatic heterocycles. The van der Waals surface area contributed by atoms with Crippen LogP contribution in [0.3, 0.4) is 0 Å². The first kappa shape index (κ1) is 21.7. The van der Waals surface area contributed by atoms with Gasteiger partial charge in [0.1, 0.15) is 6.54 Å². The van der Waals surface area contributed by atoms with E-state index in [4.69, 9.17) is 4.74 Å². The first-order chi connectivity index (χ1) is 13.6. The summed E-state index contributed by atoms with van der Waals surface area (Å²) in [6.07, 6.45) is -4.59. The summed E-state index contributed by atoms with van der Waals surface area (Å²) >= 11 is 0. The number of amides is 2. The van der Waals surface area contributed by atoms with E-state index in [0.29, 0.717) is 0 Å². The SMILES string of the molecule is CCOc1ccc(C(=O)Nc2ccccc2C(=O)NCC(F)(F)F)cc1[N+](=O)[O-]. The molecule has 2 N–H and O–H groups in total. The van der Waals surface area contributed by atoms with Gasteiger partial charge in [0.2, 0.25) is 0 Å². The third kappa shape index (κ3) is 5.92. The van der Waals surface area contributed by atoms with Gasteiger partial charge in [0, 0.05) is 11.6 Å². The summed E-state index contributed by atoms with van der Waals surface area (Å²) in [5.74, 6) is -1.83. The molecule has 154 valence electrons. The van der Waals surface area contributed by atoms with Crippen molar-refractivity contribution >= 4 is 23.2 Å². The van der Waals surface area contributed by atoms with Crippen LogP contribution in [0.25, 0.3) is 0 Å². The lowest BCUT2D eigenvalue weighted by Gasteiger charge is -2.13. The predicted octanol–water partition coefficient (Wildman–Crippen LogP) is 3.54. The lowest BCUT2D eigenvalue weighted by atomic mass is 10.1. The average molecular weight is 411 g/mol. The van der Waals surface area contributed by atoms with Crippen LogP contribution in [-0.2, 0) is 0 Å². The smallest absolute Gasteiger partial charge is 0.405 e. The van der Waals surface area contributed by atoms with Crippen LogP contribution in [0.5, 0.6) is 5.75 Å². The molecule has 0 radical (unpaired) electrons. The van der Waals surface area contributed by atoms with Crippen LogP contribution in [0.15, 0.2) is 42.5 Å². The van der Waals surface area contributed by atoms with Crippen molar-refractivity contribution in [3.05, 3.63) is 63.7 Å². The van der Waals surface area contributed by atoms with Crippen molar-refractivity contribution in [3.63, 3.8) is 0 Å². The lowest BCUT2D eigenvalue weighted by Crippen LogP contribution is -2.34. The van der Waals surface area contributed by atoms with Crippen molar-refractivity contribution in [2.45, 2.75) is 13.1 Å². The molecule has 0 heterocycles. The Balaban J connectivity index is 2.24. The molecule has 0 aliphatic rings. The summed E-state index contributed by atoms with van der Waals surface area (Å²) in [5, 5.41) is 15.3. The highest BCUT2D eigenvalue weighted by Crippen LogP contribution is 2.28. The van der Waals surface area contributed by atoms with E-state index in [2.05, 4.69) is 5.32 Å². The second-order valence-electron chi connectivity index (χ2n) is 5.67. The van der Waals surface area contributed by atoms with Gasteiger partial charge in [-0.25, -0.2) is 0 Å². The molecule has 11 heteroatoms. The maximum Gasteiger partial charge on any atom is 0.405 e. The van der Waals surface area contributed by atoms with Gasteiger partial charge in [-0.1, -0.05) is 12.1 Å². The topological polar surface area (TPSA) is 111 Å². The van der Waals surface area contributed by atoms with Crippen molar-refractivity contribution in [2.24, 2.45) is 0 Å². The number of nitrogens with one attached hydrogen (secondary N) is 2. The van der Waals surface area contributed by atoms with E-state index in [0.717, 1.165) is 6.07 Å². The number of hydrogen-bond acceptors (Lipinski definition) is 5. The number of nitro benzene ring substituents is 1. The highest BCUT2D eigenvalue weighted by Gasteiger charge is 2.28. The zero-order valence-electron chi connectivity index (χ0n) is 15.1. The fourth-order valence-electron chi connectivity index (χ4n) is 2.34. The van der Waals surface area contributed by atoms with Gasteiger partial charge in [-0.2, -0.15) is 13.2 Å². The zero-order chi connectivity index (χ0) is 21.6. The van der Waals surface area contributed by atoms with Crippen LogP contribution in [0.2, 0.25) is 0 Å². The van der Waals surface area contributed by atoms with E-state index in [-0.39, 0.29) is 29.2 Å². The third-order valence-corrected chi connectivity index (χ3v) is 3.59. The number of para-hydroxylation sites is 1. The minimum absolute atomic E-state index is 0.0130. The molecule has 2 aromatic carbocycles. The van der Waals surface area contributed by atoms with Gasteiger partial charge in [-0.3, -0.25) is 19.7 Å². The molecule has 0 atom stereocenters. The Labute approximate surface area is 162 Å². The van der Waals surface area contributed by atoms with Crippen molar-refractivity contribution in [1.29, 1.82) is 0 Å². The number of halogens is 3. The van der Waals surface area contributed by atoms with Crippen LogP contribution in [0.4, 0.5) is 24.5 Å². The fraction of sp³-hybridized carbons (Fsp3) is 0.222. The van der Waals surface area contributed by atoms with Crippen LogP contribution < -0.4 is 15.4 Å². The fourth-order valence-corrected chi connectivity index (χ4v) is 2.34. The van der Waals surface area contributed by atoms with Gasteiger partial charge in [0.15, 0.2) is 5.75 Å². The van der Waals surface area contributed by atoms with Crippen molar-refractivity contribution in [2.75, 3.05) is 18.5 Å². The molecular weight excluding hydrogens is 395 g/mol. The molecule has 0 saturated heterocycles. The number of alkyl halides is 3. The molecule has 0 unspecified atom stereocenters. The third-order valence-electron chi connectivity index (χ3n) is 3.59. The average Bonchev–Trinajstić information content (AvgIpc) is 2.66. The number of carbonyl (C=O) groups is 2. The molecule has 0 bridgehead atoms. The van der Waals surface area contributed by atoms with Gasteiger partial charge < -0.3 is 15.4 Å². The molecule has 0 fully saturated rings. The van der Waals surface area contributed by atoms with Crippen LogP contribution in [0, 0.1) is 10.1 Å². The zero-order valence-corrected chi connectivity index (χ0v) is 15.1. The Kier molecular flexibility index (Phi) is 6.75. The van der Waals surface area contributed by atoms with Crippen molar-refractivity contribution < 1.29 is 32.4 Å². The Morgan fingerprint density at radius 3 is 2.45 bits per heavy atom. The largest absolute Gasteiger partial charge is 0.487 e. The molecule has 8 nitrogen and oxygen atoms in total. The molecule has 2 amide bonds. The van der Waals surface area contributed by atoms with Crippen molar-refractivity contribution in [1.82, 2.24) is 5.32 Å². The van der Waals surface area contributed by atoms with Crippen LogP contribution >= 0.6 is 0 Å². The lowest BCUT2D eigenvalue weighted by molar-refractivity contribution is -0.385. The summed E-state index contributed by atoms with van der Waals surface area (Å²) in [6, 6.07) is 9.01. The summed E-state index contributed by atoms with van der Waals surface area (Å²) in [7, 11) is 0. The number of nitrogens with zero attached hydrogens (tertiary/aromatic N) is 1. The van der Waals surface area contributed by atoms with E-state index in [1.165, 1.54) is 36.4 Å². The summed E-state index contributed by atoms with van der Waals surface area (Å²) < 4.78 is 42.1. The predicted molar refractivity (Wildman–Crippen MR) is 97.0 cm³/mol. The van der Waals surface area contributed by atoms with Crippen LogP contribution in [0.1, 0.15) is 27.6 Å². The van der Waals surface area contributed by atoms with Gasteiger partial charge >= 0.3 is 11.9 Å². The minimum Gasteiger partial charge on any atom is -0.487 e. The number of rotatable bonds is 7. The normalized spacial score (nSPS) is 10.9. The van der Waals surface area contributed by atoms with Gasteiger partial charge in [-0.15, -0.1) is 0 Å².